The van der Waals surface area contributed by atoms with Gasteiger partial charge >= 0.3 is 0 Å². The van der Waals surface area contributed by atoms with E-state index in [-0.39, 0.29) is 0 Å². The average molecular weight is 327 g/mol. The maximum absolute atomic E-state index is 10.1. The second-order valence-electron chi connectivity index (χ2n) is 6.16. The van der Waals surface area contributed by atoms with Gasteiger partial charge in [-0.2, -0.15) is 5.26 Å². The number of nitrogens with zero attached hydrogens (tertiary/aromatic N) is 3. The summed E-state index contributed by atoms with van der Waals surface area (Å²) in [4.78, 5) is 2.04. The van der Waals surface area contributed by atoms with Crippen LogP contribution in [0.2, 0.25) is 0 Å². The van der Waals surface area contributed by atoms with Crippen LogP contribution in [0.1, 0.15) is 22.5 Å². The molecule has 0 aliphatic heterocycles. The van der Waals surface area contributed by atoms with Crippen LogP contribution in [0.25, 0.3) is 0 Å². The van der Waals surface area contributed by atoms with Gasteiger partial charge in [0.2, 0.25) is 0 Å². The molecule has 0 bridgehead atoms. The molecule has 0 saturated heterocycles. The van der Waals surface area contributed by atoms with E-state index in [0.717, 1.165) is 16.8 Å². The zero-order chi connectivity index (χ0) is 17.5. The zero-order valence-corrected chi connectivity index (χ0v) is 14.6. The van der Waals surface area contributed by atoms with Crippen LogP contribution in [0.3, 0.4) is 0 Å². The van der Waals surface area contributed by atoms with Gasteiger partial charge in [-0.3, -0.25) is 4.90 Å². The van der Waals surface area contributed by atoms with Gasteiger partial charge in [0.05, 0.1) is 19.3 Å². The number of nitriles is 1. The van der Waals surface area contributed by atoms with Crippen molar-refractivity contribution in [2.24, 2.45) is 7.05 Å². The van der Waals surface area contributed by atoms with E-state index in [4.69, 9.17) is 10.00 Å². The van der Waals surface area contributed by atoms with Crippen LogP contribution in [-0.2, 0) is 24.9 Å². The van der Waals surface area contributed by atoms with Crippen LogP contribution >= 0.6 is 0 Å². The number of aromatic nitrogens is 1. The Hall–Kier alpha value is -2.13. The third-order valence-electron chi connectivity index (χ3n) is 4.14. The Labute approximate surface area is 143 Å². The van der Waals surface area contributed by atoms with Crippen molar-refractivity contribution in [3.8, 4) is 6.07 Å². The summed E-state index contributed by atoms with van der Waals surface area (Å²) in [6.45, 7) is 4.02. The van der Waals surface area contributed by atoms with Crippen LogP contribution in [0, 0.1) is 18.3 Å². The number of rotatable bonds is 8. The first-order valence-corrected chi connectivity index (χ1v) is 8.04. The maximum atomic E-state index is 10.1. The summed E-state index contributed by atoms with van der Waals surface area (Å²) in [5, 5.41) is 19.2. The Morgan fingerprint density at radius 1 is 1.33 bits per heavy atom. The Morgan fingerprint density at radius 3 is 2.67 bits per heavy atom. The molecule has 1 N–H and O–H groups in total. The number of aliphatic hydroxyl groups excluding tert-OH is 1. The minimum absolute atomic E-state index is 0.302. The van der Waals surface area contributed by atoms with E-state index in [1.807, 2.05) is 66.9 Å². The van der Waals surface area contributed by atoms with Gasteiger partial charge < -0.3 is 14.4 Å². The molecule has 1 atom stereocenters. The maximum Gasteiger partial charge on any atom is 0.120 e. The Balaban J connectivity index is 1.77. The number of hydrogen-bond acceptors (Lipinski definition) is 4. The molecule has 0 saturated carbocycles. The van der Waals surface area contributed by atoms with Crippen molar-refractivity contribution in [1.29, 1.82) is 5.26 Å². The largest absolute Gasteiger partial charge is 0.389 e. The monoisotopic (exact) mass is 327 g/mol. The number of benzene rings is 1. The van der Waals surface area contributed by atoms with Crippen LogP contribution in [0.4, 0.5) is 0 Å². The number of hydrogen-bond donors (Lipinski definition) is 1. The zero-order valence-electron chi connectivity index (χ0n) is 14.6. The van der Waals surface area contributed by atoms with Gasteiger partial charge in [-0.05, 0) is 31.2 Å². The van der Waals surface area contributed by atoms with Crippen molar-refractivity contribution in [1.82, 2.24) is 9.47 Å². The summed E-state index contributed by atoms with van der Waals surface area (Å²) in [5.74, 6) is 0. The summed E-state index contributed by atoms with van der Waals surface area (Å²) < 4.78 is 7.46. The van der Waals surface area contributed by atoms with Crippen molar-refractivity contribution in [3.05, 3.63) is 58.9 Å². The van der Waals surface area contributed by atoms with E-state index in [1.165, 1.54) is 0 Å². The summed E-state index contributed by atoms with van der Waals surface area (Å²) in [7, 11) is 3.85. The highest BCUT2D eigenvalue weighted by molar-refractivity contribution is 5.34. The van der Waals surface area contributed by atoms with Gasteiger partial charge in [0.15, 0.2) is 0 Å². The first-order chi connectivity index (χ1) is 11.5. The van der Waals surface area contributed by atoms with Gasteiger partial charge in [-0.25, -0.2) is 0 Å². The molecule has 24 heavy (non-hydrogen) atoms. The SMILES string of the molecule is Cc1c(CN(C)CC(O)COCc2ccccc2)cc(C#N)n1C. The molecule has 1 aromatic heterocycles. The lowest BCUT2D eigenvalue weighted by Crippen LogP contribution is -2.32. The van der Waals surface area contributed by atoms with E-state index in [0.29, 0.717) is 32.0 Å². The lowest BCUT2D eigenvalue weighted by Gasteiger charge is -2.20. The number of likely N-dealkylation sites (N-methyl/N-ethyl adjacent to an activating group) is 1. The summed E-state index contributed by atoms with van der Waals surface area (Å²) >= 11 is 0. The lowest BCUT2D eigenvalue weighted by molar-refractivity contribution is 0.0127. The molecule has 1 heterocycles. The summed E-state index contributed by atoms with van der Waals surface area (Å²) in [6, 6.07) is 14.0. The molecule has 0 aliphatic carbocycles. The van der Waals surface area contributed by atoms with Crippen LogP contribution in [0.15, 0.2) is 36.4 Å². The van der Waals surface area contributed by atoms with Crippen LogP contribution < -0.4 is 0 Å². The van der Waals surface area contributed by atoms with Crippen molar-refractivity contribution in [2.75, 3.05) is 20.2 Å². The summed E-state index contributed by atoms with van der Waals surface area (Å²) in [5.41, 5.74) is 3.94. The minimum Gasteiger partial charge on any atom is -0.389 e. The fraction of sp³-hybridized carbons (Fsp3) is 0.421. The van der Waals surface area contributed by atoms with Gasteiger partial charge in [0.1, 0.15) is 11.8 Å². The molecule has 1 aromatic carbocycles. The highest BCUT2D eigenvalue weighted by Crippen LogP contribution is 2.15. The minimum atomic E-state index is -0.543. The van der Waals surface area contributed by atoms with Gasteiger partial charge in [0, 0.05) is 25.8 Å². The quantitative estimate of drug-likeness (QED) is 0.807. The van der Waals surface area contributed by atoms with Crippen LogP contribution in [0.5, 0.6) is 0 Å². The first-order valence-electron chi connectivity index (χ1n) is 8.04. The van der Waals surface area contributed by atoms with Gasteiger partial charge in [-0.1, -0.05) is 30.3 Å². The predicted molar refractivity (Wildman–Crippen MR) is 93.3 cm³/mol. The normalized spacial score (nSPS) is 12.3. The molecule has 0 amide bonds. The molecule has 2 rings (SSSR count). The Kier molecular flexibility index (Phi) is 6.56. The standard InChI is InChI=1S/C19H25N3O2/c1-15-17(9-18(10-20)22(15)3)11-21(2)12-19(23)14-24-13-16-7-5-4-6-8-16/h4-9,19,23H,11-14H2,1-3H3. The highest BCUT2D eigenvalue weighted by Gasteiger charge is 2.13. The fourth-order valence-corrected chi connectivity index (χ4v) is 2.68. The first kappa shape index (κ1) is 18.2. The molecule has 0 spiro atoms. The second-order valence-corrected chi connectivity index (χ2v) is 6.16. The van der Waals surface area contributed by atoms with Crippen molar-refractivity contribution in [2.45, 2.75) is 26.2 Å². The molecule has 0 fully saturated rings. The average Bonchev–Trinajstić information content (AvgIpc) is 2.83. The molecule has 1 unspecified atom stereocenters. The Morgan fingerprint density at radius 2 is 2.04 bits per heavy atom. The van der Waals surface area contributed by atoms with E-state index < -0.39 is 6.10 Å². The second kappa shape index (κ2) is 8.65. The fourth-order valence-electron chi connectivity index (χ4n) is 2.68. The molecule has 5 heteroatoms. The van der Waals surface area contributed by atoms with Gasteiger partial charge in [-0.15, -0.1) is 0 Å². The molecule has 0 aliphatic rings. The molecular weight excluding hydrogens is 302 g/mol. The number of aliphatic hydroxyl groups is 1. The molecule has 0 radical (unpaired) electrons. The molecular formula is C19H25N3O2. The Bertz CT molecular complexity index is 689. The predicted octanol–water partition coefficient (Wildman–Crippen LogP) is 2.21. The lowest BCUT2D eigenvalue weighted by atomic mass is 10.2. The van der Waals surface area contributed by atoms with Crippen molar-refractivity contribution < 1.29 is 9.84 Å². The molecule has 128 valence electrons. The van der Waals surface area contributed by atoms with Crippen LogP contribution in [-0.4, -0.2) is 40.9 Å². The van der Waals surface area contributed by atoms with Crippen molar-refractivity contribution >= 4 is 0 Å². The van der Waals surface area contributed by atoms with E-state index in [2.05, 4.69) is 6.07 Å². The van der Waals surface area contributed by atoms with E-state index in [1.54, 1.807) is 0 Å². The smallest absolute Gasteiger partial charge is 0.120 e. The van der Waals surface area contributed by atoms with Crippen molar-refractivity contribution in [3.63, 3.8) is 0 Å². The summed E-state index contributed by atoms with van der Waals surface area (Å²) in [6.07, 6.45) is -0.543. The van der Waals surface area contributed by atoms with Gasteiger partial charge in [0.25, 0.3) is 0 Å². The molecule has 5 nitrogen and oxygen atoms in total. The molecule has 2 aromatic rings. The third kappa shape index (κ3) is 4.93. The third-order valence-corrected chi connectivity index (χ3v) is 4.14. The highest BCUT2D eigenvalue weighted by atomic mass is 16.5. The topological polar surface area (TPSA) is 61.4 Å². The van der Waals surface area contributed by atoms with E-state index in [9.17, 15) is 5.11 Å². The number of ether oxygens (including phenoxy) is 1. The van der Waals surface area contributed by atoms with E-state index >= 15 is 0 Å².